The summed E-state index contributed by atoms with van der Waals surface area (Å²) in [7, 11) is 2.03. The predicted octanol–water partition coefficient (Wildman–Crippen LogP) is 6.56. The molecule has 0 atom stereocenters. The number of amides is 1. The highest BCUT2D eigenvalue weighted by molar-refractivity contribution is 6.31. The molecule has 188 valence electrons. The van der Waals surface area contributed by atoms with Crippen molar-refractivity contribution >= 4 is 40.8 Å². The Morgan fingerprint density at radius 1 is 0.865 bits per heavy atom. The molecule has 0 spiro atoms. The summed E-state index contributed by atoms with van der Waals surface area (Å²) in [5, 5.41) is 12.6. The van der Waals surface area contributed by atoms with Gasteiger partial charge in [-0.15, -0.1) is 0 Å². The van der Waals surface area contributed by atoms with Crippen LogP contribution in [0.1, 0.15) is 22.5 Å². The van der Waals surface area contributed by atoms with Crippen molar-refractivity contribution in [1.82, 2.24) is 10.3 Å². The predicted molar refractivity (Wildman–Crippen MR) is 148 cm³/mol. The Kier molecular flexibility index (Phi) is 8.43. The zero-order valence-electron chi connectivity index (χ0n) is 20.1. The van der Waals surface area contributed by atoms with Crippen molar-refractivity contribution in [2.45, 2.75) is 13.0 Å². The highest BCUT2D eigenvalue weighted by Crippen LogP contribution is 2.30. The molecule has 1 amide bonds. The number of aromatic nitrogens is 1. The van der Waals surface area contributed by atoms with Gasteiger partial charge in [-0.3, -0.25) is 14.6 Å². The molecule has 0 aliphatic rings. The number of rotatable bonds is 9. The third-order valence-electron chi connectivity index (χ3n) is 5.90. The fourth-order valence-corrected chi connectivity index (χ4v) is 4.21. The van der Waals surface area contributed by atoms with Gasteiger partial charge in [-0.2, -0.15) is 0 Å². The SMILES string of the molecule is CN(Cc1ccc(Cl)cc1-c1ccc(C(=O)NCCC(=O)O)nc1)c1ccc(-c2ccc(Cl)cc2)cc1. The summed E-state index contributed by atoms with van der Waals surface area (Å²) in [6.07, 6.45) is 1.48. The number of halogens is 2. The number of hydrogen-bond donors (Lipinski definition) is 2. The number of anilines is 1. The molecular formula is C29H25Cl2N3O3. The van der Waals surface area contributed by atoms with Gasteiger partial charge in [0.15, 0.2) is 0 Å². The maximum absolute atomic E-state index is 12.2. The third-order valence-corrected chi connectivity index (χ3v) is 6.38. The van der Waals surface area contributed by atoms with E-state index < -0.39 is 11.9 Å². The smallest absolute Gasteiger partial charge is 0.305 e. The zero-order valence-corrected chi connectivity index (χ0v) is 21.6. The molecule has 0 radical (unpaired) electrons. The van der Waals surface area contributed by atoms with Crippen molar-refractivity contribution < 1.29 is 14.7 Å². The van der Waals surface area contributed by atoms with Crippen LogP contribution in [-0.2, 0) is 11.3 Å². The number of benzene rings is 3. The van der Waals surface area contributed by atoms with Crippen LogP contribution in [0.2, 0.25) is 10.0 Å². The number of pyridine rings is 1. The second kappa shape index (κ2) is 11.9. The fraction of sp³-hybridized carbons (Fsp3) is 0.138. The van der Waals surface area contributed by atoms with Crippen molar-refractivity contribution in [2.24, 2.45) is 0 Å². The maximum atomic E-state index is 12.2. The van der Waals surface area contributed by atoms with Gasteiger partial charge in [0.05, 0.1) is 6.42 Å². The first-order valence-electron chi connectivity index (χ1n) is 11.6. The van der Waals surface area contributed by atoms with E-state index in [-0.39, 0.29) is 18.7 Å². The number of carbonyl (C=O) groups is 2. The highest BCUT2D eigenvalue weighted by atomic mass is 35.5. The summed E-state index contributed by atoms with van der Waals surface area (Å²) in [4.78, 5) is 29.3. The Bertz CT molecular complexity index is 1390. The molecule has 0 saturated heterocycles. The second-order valence-electron chi connectivity index (χ2n) is 8.54. The van der Waals surface area contributed by atoms with E-state index in [1.54, 1.807) is 12.3 Å². The van der Waals surface area contributed by atoms with Crippen LogP contribution in [0, 0.1) is 0 Å². The van der Waals surface area contributed by atoms with E-state index in [0.29, 0.717) is 16.6 Å². The monoisotopic (exact) mass is 533 g/mol. The molecule has 3 aromatic carbocycles. The summed E-state index contributed by atoms with van der Waals surface area (Å²) in [6.45, 7) is 0.674. The van der Waals surface area contributed by atoms with Crippen molar-refractivity contribution in [2.75, 3.05) is 18.5 Å². The first kappa shape index (κ1) is 26.2. The molecule has 6 nitrogen and oxygen atoms in total. The molecule has 0 aliphatic heterocycles. The van der Waals surface area contributed by atoms with Crippen molar-refractivity contribution in [3.8, 4) is 22.3 Å². The lowest BCUT2D eigenvalue weighted by atomic mass is 10.00. The lowest BCUT2D eigenvalue weighted by Crippen LogP contribution is -2.26. The van der Waals surface area contributed by atoms with Crippen molar-refractivity contribution in [3.63, 3.8) is 0 Å². The van der Waals surface area contributed by atoms with E-state index in [2.05, 4.69) is 39.5 Å². The molecule has 0 fully saturated rings. The number of nitrogens with zero attached hydrogens (tertiary/aromatic N) is 2. The maximum Gasteiger partial charge on any atom is 0.305 e. The number of carbonyl (C=O) groups excluding carboxylic acids is 1. The summed E-state index contributed by atoms with van der Waals surface area (Å²) < 4.78 is 0. The summed E-state index contributed by atoms with van der Waals surface area (Å²) in [6, 6.07) is 25.3. The Hall–Kier alpha value is -3.87. The Morgan fingerprint density at radius 3 is 2.11 bits per heavy atom. The van der Waals surface area contributed by atoms with Crippen LogP contribution in [0.5, 0.6) is 0 Å². The van der Waals surface area contributed by atoms with Gasteiger partial charge < -0.3 is 15.3 Å². The summed E-state index contributed by atoms with van der Waals surface area (Å²) >= 11 is 12.3. The number of hydrogen-bond acceptors (Lipinski definition) is 4. The Balaban J connectivity index is 1.49. The highest BCUT2D eigenvalue weighted by Gasteiger charge is 2.13. The Labute approximate surface area is 225 Å². The van der Waals surface area contributed by atoms with Crippen molar-refractivity contribution in [1.29, 1.82) is 0 Å². The van der Waals surface area contributed by atoms with Crippen molar-refractivity contribution in [3.05, 3.63) is 106 Å². The lowest BCUT2D eigenvalue weighted by Gasteiger charge is -2.22. The molecule has 0 aliphatic carbocycles. The molecule has 37 heavy (non-hydrogen) atoms. The molecule has 1 heterocycles. The zero-order chi connectivity index (χ0) is 26.4. The van der Waals surface area contributed by atoms with Crippen LogP contribution in [0.4, 0.5) is 5.69 Å². The van der Waals surface area contributed by atoms with Gasteiger partial charge in [0.1, 0.15) is 5.69 Å². The normalized spacial score (nSPS) is 10.7. The minimum Gasteiger partial charge on any atom is -0.481 e. The van der Waals surface area contributed by atoms with E-state index in [1.165, 1.54) is 0 Å². The van der Waals surface area contributed by atoms with Gasteiger partial charge in [0, 0.05) is 47.6 Å². The van der Waals surface area contributed by atoms with E-state index in [9.17, 15) is 9.59 Å². The van der Waals surface area contributed by atoms with E-state index in [4.69, 9.17) is 28.3 Å². The molecule has 4 rings (SSSR count). The van der Waals surface area contributed by atoms with Crippen LogP contribution in [0.3, 0.4) is 0 Å². The Morgan fingerprint density at radius 2 is 1.49 bits per heavy atom. The van der Waals surface area contributed by atoms with Gasteiger partial charge in [-0.25, -0.2) is 0 Å². The lowest BCUT2D eigenvalue weighted by molar-refractivity contribution is -0.136. The van der Waals surface area contributed by atoms with E-state index in [0.717, 1.165) is 33.5 Å². The number of carboxylic acid groups (broad SMARTS) is 1. The van der Waals surface area contributed by atoms with Gasteiger partial charge in [-0.1, -0.05) is 59.6 Å². The fourth-order valence-electron chi connectivity index (χ4n) is 3.91. The molecule has 0 unspecified atom stereocenters. The van der Waals surface area contributed by atoms with Crippen LogP contribution in [0.25, 0.3) is 22.3 Å². The van der Waals surface area contributed by atoms with Gasteiger partial charge >= 0.3 is 5.97 Å². The number of carboxylic acids is 1. The van der Waals surface area contributed by atoms with E-state index in [1.807, 2.05) is 55.6 Å². The first-order chi connectivity index (χ1) is 17.8. The van der Waals surface area contributed by atoms with Gasteiger partial charge in [-0.05, 0) is 64.7 Å². The number of nitrogens with one attached hydrogen (secondary N) is 1. The van der Waals surface area contributed by atoms with E-state index >= 15 is 0 Å². The summed E-state index contributed by atoms with van der Waals surface area (Å²) in [5.41, 5.74) is 6.28. The topological polar surface area (TPSA) is 82.5 Å². The largest absolute Gasteiger partial charge is 0.481 e. The molecular weight excluding hydrogens is 509 g/mol. The minimum absolute atomic E-state index is 0.0447. The molecule has 0 saturated carbocycles. The second-order valence-corrected chi connectivity index (χ2v) is 9.42. The molecule has 4 aromatic rings. The van der Waals surface area contributed by atoms with Crippen LogP contribution < -0.4 is 10.2 Å². The van der Waals surface area contributed by atoms with Crippen LogP contribution in [0.15, 0.2) is 85.1 Å². The van der Waals surface area contributed by atoms with Gasteiger partial charge in [0.25, 0.3) is 5.91 Å². The molecule has 1 aromatic heterocycles. The molecule has 2 N–H and O–H groups in total. The van der Waals surface area contributed by atoms with Gasteiger partial charge in [0.2, 0.25) is 0 Å². The van der Waals surface area contributed by atoms with Crippen LogP contribution in [-0.4, -0.2) is 35.6 Å². The molecule has 8 heteroatoms. The van der Waals surface area contributed by atoms with Crippen LogP contribution >= 0.6 is 23.2 Å². The minimum atomic E-state index is -0.973. The average molecular weight is 534 g/mol. The standard InChI is InChI=1S/C29H25Cl2N3O3/c1-34(25-11-5-20(6-12-25)19-2-8-23(30)9-3-19)18-22-4-10-24(31)16-26(22)21-7-13-27(33-17-21)29(37)32-15-14-28(35)36/h2-13,16-17H,14-15,18H2,1H3,(H,32,37)(H,35,36). The molecule has 0 bridgehead atoms. The third kappa shape index (κ3) is 6.88. The first-order valence-corrected chi connectivity index (χ1v) is 12.4. The average Bonchev–Trinajstić information content (AvgIpc) is 2.90. The number of aliphatic carboxylic acids is 1. The summed E-state index contributed by atoms with van der Waals surface area (Å²) in [5.74, 6) is -1.39. The quantitative estimate of drug-likeness (QED) is 0.254.